The highest BCUT2D eigenvalue weighted by Gasteiger charge is 2.03. The molecular weight excluding hydrogens is 312 g/mol. The topological polar surface area (TPSA) is 43.3 Å². The number of nitrogens with one attached hydrogen (secondary N) is 1. The van der Waals surface area contributed by atoms with Gasteiger partial charge in [-0.25, -0.2) is 0 Å². The SMILES string of the molecule is CCCNc1ccc(-n2ccc(OCc3ccccc3)cc2=O)cc1. The van der Waals surface area contributed by atoms with Gasteiger partial charge in [0.2, 0.25) is 0 Å². The Morgan fingerprint density at radius 1 is 1.00 bits per heavy atom. The Balaban J connectivity index is 1.70. The molecule has 0 aliphatic carbocycles. The van der Waals surface area contributed by atoms with Crippen molar-refractivity contribution in [2.75, 3.05) is 11.9 Å². The minimum Gasteiger partial charge on any atom is -0.489 e. The lowest BCUT2D eigenvalue weighted by molar-refractivity contribution is 0.305. The summed E-state index contributed by atoms with van der Waals surface area (Å²) < 4.78 is 7.31. The highest BCUT2D eigenvalue weighted by molar-refractivity contribution is 5.48. The summed E-state index contributed by atoms with van der Waals surface area (Å²) in [6.45, 7) is 3.51. The van der Waals surface area contributed by atoms with Gasteiger partial charge in [0, 0.05) is 30.2 Å². The second-order valence-corrected chi connectivity index (χ2v) is 5.82. The lowest BCUT2D eigenvalue weighted by Crippen LogP contribution is -2.16. The molecule has 0 bridgehead atoms. The van der Waals surface area contributed by atoms with Gasteiger partial charge in [-0.05, 0) is 42.3 Å². The van der Waals surface area contributed by atoms with E-state index in [1.54, 1.807) is 10.8 Å². The third-order valence-corrected chi connectivity index (χ3v) is 3.86. The van der Waals surface area contributed by atoms with Crippen molar-refractivity contribution in [2.24, 2.45) is 0 Å². The van der Waals surface area contributed by atoms with Gasteiger partial charge in [-0.15, -0.1) is 0 Å². The summed E-state index contributed by atoms with van der Waals surface area (Å²) in [5.41, 5.74) is 2.85. The predicted molar refractivity (Wildman–Crippen MR) is 102 cm³/mol. The summed E-state index contributed by atoms with van der Waals surface area (Å²) in [6.07, 6.45) is 2.82. The van der Waals surface area contributed by atoms with Gasteiger partial charge in [0.05, 0.1) is 0 Å². The van der Waals surface area contributed by atoms with Crippen molar-refractivity contribution in [3.05, 3.63) is 88.8 Å². The Bertz CT molecular complexity index is 855. The molecule has 0 fully saturated rings. The highest BCUT2D eigenvalue weighted by atomic mass is 16.5. The molecule has 0 atom stereocenters. The van der Waals surface area contributed by atoms with Gasteiger partial charge in [0.15, 0.2) is 0 Å². The second kappa shape index (κ2) is 8.20. The van der Waals surface area contributed by atoms with E-state index >= 15 is 0 Å². The first-order valence-corrected chi connectivity index (χ1v) is 8.50. The summed E-state index contributed by atoms with van der Waals surface area (Å²) in [5.74, 6) is 0.575. The molecule has 0 aliphatic heterocycles. The second-order valence-electron chi connectivity index (χ2n) is 5.82. The number of benzene rings is 2. The molecule has 4 heteroatoms. The van der Waals surface area contributed by atoms with Crippen LogP contribution in [0.3, 0.4) is 0 Å². The van der Waals surface area contributed by atoms with Gasteiger partial charge < -0.3 is 10.1 Å². The predicted octanol–water partition coefficient (Wildman–Crippen LogP) is 4.24. The van der Waals surface area contributed by atoms with Gasteiger partial charge >= 0.3 is 0 Å². The molecule has 0 spiro atoms. The molecule has 0 saturated carbocycles. The summed E-state index contributed by atoms with van der Waals surface area (Å²) in [7, 11) is 0. The Labute approximate surface area is 147 Å². The van der Waals surface area contributed by atoms with Crippen molar-refractivity contribution >= 4 is 5.69 Å². The van der Waals surface area contributed by atoms with Gasteiger partial charge in [0.1, 0.15) is 12.4 Å². The van der Waals surface area contributed by atoms with Crippen LogP contribution >= 0.6 is 0 Å². The lowest BCUT2D eigenvalue weighted by atomic mass is 10.2. The third-order valence-electron chi connectivity index (χ3n) is 3.86. The average Bonchev–Trinajstić information content (AvgIpc) is 2.66. The van der Waals surface area contributed by atoms with Gasteiger partial charge in [-0.3, -0.25) is 9.36 Å². The first kappa shape index (κ1) is 16.8. The van der Waals surface area contributed by atoms with Crippen molar-refractivity contribution in [3.8, 4) is 11.4 Å². The molecule has 0 radical (unpaired) electrons. The third kappa shape index (κ3) is 4.51. The standard InChI is InChI=1S/C21H22N2O2/c1-2-13-22-18-8-10-19(11-9-18)23-14-12-20(15-21(23)24)25-16-17-6-4-3-5-7-17/h3-12,14-15,22H,2,13,16H2,1H3. The fourth-order valence-corrected chi connectivity index (χ4v) is 2.51. The average molecular weight is 334 g/mol. The Kier molecular flexibility index (Phi) is 5.52. The van der Waals surface area contributed by atoms with E-state index in [1.165, 1.54) is 6.07 Å². The minimum atomic E-state index is -0.111. The Hall–Kier alpha value is -3.01. The molecule has 1 N–H and O–H groups in total. The van der Waals surface area contributed by atoms with E-state index in [4.69, 9.17) is 4.74 Å². The zero-order valence-electron chi connectivity index (χ0n) is 14.3. The molecule has 3 aromatic rings. The van der Waals surface area contributed by atoms with Gasteiger partial charge in [0.25, 0.3) is 5.56 Å². The zero-order chi connectivity index (χ0) is 17.5. The van der Waals surface area contributed by atoms with E-state index in [0.29, 0.717) is 12.4 Å². The van der Waals surface area contributed by atoms with E-state index in [2.05, 4.69) is 12.2 Å². The zero-order valence-corrected chi connectivity index (χ0v) is 14.3. The van der Waals surface area contributed by atoms with Crippen LogP contribution < -0.4 is 15.6 Å². The highest BCUT2D eigenvalue weighted by Crippen LogP contribution is 2.14. The minimum absolute atomic E-state index is 0.111. The first-order chi connectivity index (χ1) is 12.3. The summed E-state index contributed by atoms with van der Waals surface area (Å²) >= 11 is 0. The molecular formula is C21H22N2O2. The largest absolute Gasteiger partial charge is 0.489 e. The van der Waals surface area contributed by atoms with Crippen molar-refractivity contribution in [3.63, 3.8) is 0 Å². The molecule has 0 unspecified atom stereocenters. The molecule has 2 aromatic carbocycles. The van der Waals surface area contributed by atoms with Gasteiger partial charge in [-0.2, -0.15) is 0 Å². The van der Waals surface area contributed by atoms with Crippen molar-refractivity contribution in [2.45, 2.75) is 20.0 Å². The monoisotopic (exact) mass is 334 g/mol. The molecule has 3 rings (SSSR count). The number of hydrogen-bond acceptors (Lipinski definition) is 3. The van der Waals surface area contributed by atoms with E-state index in [0.717, 1.165) is 29.9 Å². The van der Waals surface area contributed by atoms with Gasteiger partial charge in [-0.1, -0.05) is 37.3 Å². The van der Waals surface area contributed by atoms with Crippen LogP contribution in [-0.2, 0) is 6.61 Å². The number of aromatic nitrogens is 1. The maximum absolute atomic E-state index is 12.4. The molecule has 25 heavy (non-hydrogen) atoms. The number of ether oxygens (including phenoxy) is 1. The van der Waals surface area contributed by atoms with Crippen LogP contribution in [0.2, 0.25) is 0 Å². The Morgan fingerprint density at radius 3 is 2.44 bits per heavy atom. The van der Waals surface area contributed by atoms with E-state index in [9.17, 15) is 4.79 Å². The van der Waals surface area contributed by atoms with E-state index < -0.39 is 0 Å². The quantitative estimate of drug-likeness (QED) is 0.703. The number of rotatable bonds is 7. The molecule has 128 valence electrons. The molecule has 4 nitrogen and oxygen atoms in total. The molecule has 0 saturated heterocycles. The van der Waals surface area contributed by atoms with Crippen LogP contribution in [0.1, 0.15) is 18.9 Å². The number of hydrogen-bond donors (Lipinski definition) is 1. The molecule has 1 aromatic heterocycles. The normalized spacial score (nSPS) is 10.4. The maximum Gasteiger partial charge on any atom is 0.258 e. The summed E-state index contributed by atoms with van der Waals surface area (Å²) in [5, 5.41) is 3.32. The van der Waals surface area contributed by atoms with Crippen LogP contribution in [-0.4, -0.2) is 11.1 Å². The Morgan fingerprint density at radius 2 is 1.76 bits per heavy atom. The van der Waals surface area contributed by atoms with Crippen molar-refractivity contribution in [1.82, 2.24) is 4.57 Å². The van der Waals surface area contributed by atoms with Crippen LogP contribution in [0.5, 0.6) is 5.75 Å². The summed E-state index contributed by atoms with van der Waals surface area (Å²) in [4.78, 5) is 12.4. The van der Waals surface area contributed by atoms with E-state index in [-0.39, 0.29) is 5.56 Å². The fourth-order valence-electron chi connectivity index (χ4n) is 2.51. The van der Waals surface area contributed by atoms with Crippen LogP contribution in [0.15, 0.2) is 77.7 Å². The van der Waals surface area contributed by atoms with E-state index in [1.807, 2.05) is 60.7 Å². The number of nitrogens with zero attached hydrogens (tertiary/aromatic N) is 1. The van der Waals surface area contributed by atoms with Crippen LogP contribution in [0.4, 0.5) is 5.69 Å². The maximum atomic E-state index is 12.4. The smallest absolute Gasteiger partial charge is 0.258 e. The molecule has 0 aliphatic rings. The molecule has 0 amide bonds. The van der Waals surface area contributed by atoms with Crippen LogP contribution in [0.25, 0.3) is 5.69 Å². The molecule has 1 heterocycles. The van der Waals surface area contributed by atoms with Crippen LogP contribution in [0, 0.1) is 0 Å². The van der Waals surface area contributed by atoms with Crippen molar-refractivity contribution < 1.29 is 4.74 Å². The first-order valence-electron chi connectivity index (χ1n) is 8.50. The van der Waals surface area contributed by atoms with Crippen molar-refractivity contribution in [1.29, 1.82) is 0 Å². The lowest BCUT2D eigenvalue weighted by Gasteiger charge is -2.10. The fraction of sp³-hybridized carbons (Fsp3) is 0.190. The number of anilines is 1. The summed E-state index contributed by atoms with van der Waals surface area (Å²) in [6, 6.07) is 21.1. The number of pyridine rings is 1.